The molecule has 1 atom stereocenters. The van der Waals surface area contributed by atoms with E-state index in [1.165, 1.54) is 12.8 Å². The van der Waals surface area contributed by atoms with Gasteiger partial charge in [0.15, 0.2) is 5.82 Å². The standard InChI is InChI=1S/C15H21NO3.C9H14N4O.C5H12.CH3N/c1-10-3-5-15(6-4-10)7-8-16(14(15)18)12-9-19-13(17)11(12)2;1-7(5-14)8-2-3-9(11-4-8)12-6-13-10;1-4-5(2)3;1-2/h10H,3-9H2,1-2H3;2-4,6-7,14H,5,10H2,1H3,(H,11,12,13);5H,4H2,1-3H3;2H,1H2/t;7-;;/m.1../s1. The van der Waals surface area contributed by atoms with Crippen LogP contribution in [0.3, 0.4) is 0 Å². The van der Waals surface area contributed by atoms with Gasteiger partial charge in [0, 0.05) is 25.3 Å². The molecular weight excluding hydrogens is 508 g/mol. The summed E-state index contributed by atoms with van der Waals surface area (Å²) in [5, 5.41) is 14.4. The maximum absolute atomic E-state index is 12.8. The lowest BCUT2D eigenvalue weighted by molar-refractivity contribution is -0.138. The lowest BCUT2D eigenvalue weighted by Crippen LogP contribution is -2.37. The molecule has 2 fully saturated rings. The topological polar surface area (TPSA) is 154 Å². The number of aliphatic hydroxyl groups excluding tert-OH is 1. The van der Waals surface area contributed by atoms with Crippen molar-refractivity contribution in [3.05, 3.63) is 35.2 Å². The van der Waals surface area contributed by atoms with Crippen molar-refractivity contribution in [2.24, 2.45) is 28.1 Å². The van der Waals surface area contributed by atoms with Gasteiger partial charge in [-0.3, -0.25) is 4.79 Å². The third kappa shape index (κ3) is 9.82. The van der Waals surface area contributed by atoms with E-state index in [2.05, 4.69) is 49.8 Å². The second-order valence-corrected chi connectivity index (χ2v) is 11.1. The van der Waals surface area contributed by atoms with Gasteiger partial charge in [-0.2, -0.15) is 0 Å². The molecule has 3 heterocycles. The van der Waals surface area contributed by atoms with E-state index >= 15 is 0 Å². The molecule has 10 nitrogen and oxygen atoms in total. The number of nitrogens with zero attached hydrogens (tertiary/aromatic N) is 3. The molecule has 0 radical (unpaired) electrons. The normalized spacial score (nSPS) is 22.7. The summed E-state index contributed by atoms with van der Waals surface area (Å²) < 4.78 is 5.02. The van der Waals surface area contributed by atoms with Crippen LogP contribution in [0, 0.1) is 22.7 Å². The minimum absolute atomic E-state index is 0.105. The first kappa shape index (κ1) is 34.9. The Labute approximate surface area is 240 Å². The Bertz CT molecular complexity index is 984. The van der Waals surface area contributed by atoms with Crippen LogP contribution >= 0.6 is 0 Å². The van der Waals surface area contributed by atoms with E-state index in [9.17, 15) is 9.59 Å². The number of carbonyl (C=O) groups excluding carboxylic acids is 2. The van der Waals surface area contributed by atoms with E-state index < -0.39 is 0 Å². The number of aromatic nitrogens is 1. The highest BCUT2D eigenvalue weighted by Crippen LogP contribution is 2.47. The molecule has 1 saturated heterocycles. The van der Waals surface area contributed by atoms with Crippen molar-refractivity contribution < 1.29 is 19.4 Å². The quantitative estimate of drug-likeness (QED) is 0.128. The molecule has 1 amide bonds. The van der Waals surface area contributed by atoms with Crippen molar-refractivity contribution in [2.75, 3.05) is 19.8 Å². The molecular formula is C30H50N6O4. The summed E-state index contributed by atoms with van der Waals surface area (Å²) in [5.41, 5.74) is 4.54. The van der Waals surface area contributed by atoms with Gasteiger partial charge in [0.05, 0.1) is 16.7 Å². The Morgan fingerprint density at radius 3 is 2.35 bits per heavy atom. The van der Waals surface area contributed by atoms with E-state index in [-0.39, 0.29) is 36.4 Å². The maximum Gasteiger partial charge on any atom is 0.336 e. The number of esters is 1. The summed E-state index contributed by atoms with van der Waals surface area (Å²) in [4.78, 5) is 34.0. The number of amides is 1. The van der Waals surface area contributed by atoms with Crippen molar-refractivity contribution in [3.63, 3.8) is 0 Å². The van der Waals surface area contributed by atoms with Crippen LogP contribution in [-0.2, 0) is 14.3 Å². The summed E-state index contributed by atoms with van der Waals surface area (Å²) in [6.07, 6.45) is 9.60. The molecule has 0 unspecified atom stereocenters. The van der Waals surface area contributed by atoms with Gasteiger partial charge in [-0.05, 0) is 69.2 Å². The molecule has 5 N–H and O–H groups in total. The third-order valence-corrected chi connectivity index (χ3v) is 7.85. The minimum Gasteiger partial charge on any atom is -0.456 e. The second-order valence-electron chi connectivity index (χ2n) is 11.1. The fourth-order valence-electron chi connectivity index (χ4n) is 4.58. The van der Waals surface area contributed by atoms with Gasteiger partial charge in [0.25, 0.3) is 0 Å². The van der Waals surface area contributed by atoms with E-state index in [0.717, 1.165) is 61.7 Å². The summed E-state index contributed by atoms with van der Waals surface area (Å²) in [6, 6.07) is 3.66. The third-order valence-electron chi connectivity index (χ3n) is 7.85. The molecule has 1 aliphatic carbocycles. The SMILES string of the molecule is C=N.CC1=C(N2CCC3(CCC(C)CC3)C2=O)COC1=O.CCC(C)C.C[C@H](CO)c1ccc(N=CNN)nc1. The van der Waals surface area contributed by atoms with Crippen molar-refractivity contribution in [1.29, 1.82) is 5.41 Å². The Morgan fingerprint density at radius 1 is 1.27 bits per heavy atom. The fraction of sp³-hybridized carbons (Fsp3) is 0.633. The second kappa shape index (κ2) is 17.6. The van der Waals surface area contributed by atoms with Crippen molar-refractivity contribution in [2.45, 2.75) is 86.0 Å². The number of rotatable bonds is 6. The average Bonchev–Trinajstić information content (AvgIpc) is 3.48. The van der Waals surface area contributed by atoms with E-state index in [1.54, 1.807) is 19.2 Å². The number of ether oxygens (including phenoxy) is 1. The van der Waals surface area contributed by atoms with Crippen molar-refractivity contribution in [3.8, 4) is 0 Å². The molecule has 4 rings (SSSR count). The Hall–Kier alpha value is -3.11. The van der Waals surface area contributed by atoms with Crippen molar-refractivity contribution in [1.82, 2.24) is 15.3 Å². The highest BCUT2D eigenvalue weighted by atomic mass is 16.5. The first-order valence-corrected chi connectivity index (χ1v) is 14.2. The lowest BCUT2D eigenvalue weighted by Gasteiger charge is -2.34. The molecule has 1 aromatic heterocycles. The Morgan fingerprint density at radius 2 is 1.90 bits per heavy atom. The first-order valence-electron chi connectivity index (χ1n) is 14.2. The zero-order chi connectivity index (χ0) is 30.3. The first-order chi connectivity index (χ1) is 19.1. The van der Waals surface area contributed by atoms with Crippen LogP contribution in [0.25, 0.3) is 0 Å². The van der Waals surface area contributed by atoms with Crippen LogP contribution in [0.15, 0.2) is 34.6 Å². The molecule has 2 aliphatic heterocycles. The number of aliphatic hydroxyl groups is 1. The van der Waals surface area contributed by atoms with Gasteiger partial charge >= 0.3 is 5.97 Å². The zero-order valence-corrected chi connectivity index (χ0v) is 25.2. The van der Waals surface area contributed by atoms with E-state index in [4.69, 9.17) is 21.1 Å². The summed E-state index contributed by atoms with van der Waals surface area (Å²) in [5.74, 6) is 7.28. The Kier molecular flexibility index (Phi) is 15.3. The molecule has 3 aliphatic rings. The average molecular weight is 559 g/mol. The predicted octanol–water partition coefficient (Wildman–Crippen LogP) is 4.86. The number of nitrogens with two attached hydrogens (primary N) is 1. The fourth-order valence-corrected chi connectivity index (χ4v) is 4.58. The molecule has 0 bridgehead atoms. The van der Waals surface area contributed by atoms with Crippen molar-refractivity contribution >= 4 is 30.8 Å². The van der Waals surface area contributed by atoms with Gasteiger partial charge in [-0.25, -0.2) is 20.6 Å². The van der Waals surface area contributed by atoms with Crippen LogP contribution in [0.1, 0.15) is 91.5 Å². The van der Waals surface area contributed by atoms with Gasteiger partial charge in [0.1, 0.15) is 12.9 Å². The molecule has 0 aromatic carbocycles. The van der Waals surface area contributed by atoms with Gasteiger partial charge in [-0.15, -0.1) is 0 Å². The van der Waals surface area contributed by atoms with Crippen LogP contribution in [0.4, 0.5) is 5.82 Å². The zero-order valence-electron chi connectivity index (χ0n) is 25.2. The highest BCUT2D eigenvalue weighted by Gasteiger charge is 2.49. The maximum atomic E-state index is 12.8. The molecule has 10 heteroatoms. The number of carbonyl (C=O) groups is 2. The predicted molar refractivity (Wildman–Crippen MR) is 160 cm³/mol. The van der Waals surface area contributed by atoms with Gasteiger partial charge in [-0.1, -0.05) is 47.1 Å². The molecule has 1 spiro atoms. The molecule has 1 saturated carbocycles. The van der Waals surface area contributed by atoms with E-state index in [1.807, 2.05) is 17.9 Å². The van der Waals surface area contributed by atoms with Crippen LogP contribution in [-0.4, -0.2) is 59.7 Å². The number of nitrogens with one attached hydrogen (secondary N) is 2. The van der Waals surface area contributed by atoms with Gasteiger partial charge < -0.3 is 25.6 Å². The summed E-state index contributed by atoms with van der Waals surface area (Å²) >= 11 is 0. The minimum atomic E-state index is -0.277. The number of pyridine rings is 1. The van der Waals surface area contributed by atoms with Crippen LogP contribution < -0.4 is 11.3 Å². The van der Waals surface area contributed by atoms with Crippen LogP contribution in [0.5, 0.6) is 0 Å². The number of hydrazine groups is 1. The van der Waals surface area contributed by atoms with Crippen LogP contribution in [0.2, 0.25) is 0 Å². The molecule has 40 heavy (non-hydrogen) atoms. The number of aliphatic imine (C=N–C) groups is 1. The Balaban J connectivity index is 0.000000336. The number of hydrogen-bond donors (Lipinski definition) is 4. The molecule has 224 valence electrons. The largest absolute Gasteiger partial charge is 0.456 e. The number of likely N-dealkylation sites (tertiary alicyclic amines) is 1. The number of cyclic esters (lactones) is 1. The smallest absolute Gasteiger partial charge is 0.336 e. The monoisotopic (exact) mass is 558 g/mol. The highest BCUT2D eigenvalue weighted by molar-refractivity contribution is 5.94. The summed E-state index contributed by atoms with van der Waals surface area (Å²) in [7, 11) is 0. The number of hydrogen-bond acceptors (Lipinski definition) is 8. The molecule has 1 aromatic rings. The van der Waals surface area contributed by atoms with Gasteiger partial charge in [0.2, 0.25) is 5.91 Å². The lowest BCUT2D eigenvalue weighted by atomic mass is 9.70. The summed E-state index contributed by atoms with van der Waals surface area (Å²) in [6.45, 7) is 16.2. The van der Waals surface area contributed by atoms with E-state index in [0.29, 0.717) is 11.4 Å².